The van der Waals surface area contributed by atoms with Gasteiger partial charge >= 0.3 is 12.2 Å². The Hall–Kier alpha value is -2.68. The van der Waals surface area contributed by atoms with Crippen molar-refractivity contribution in [2.24, 2.45) is 5.41 Å². The van der Waals surface area contributed by atoms with Crippen LogP contribution in [-0.2, 0) is 12.7 Å². The molecule has 0 saturated carbocycles. The number of amides is 1. The van der Waals surface area contributed by atoms with Crippen LogP contribution in [0.4, 0.5) is 18.0 Å². The van der Waals surface area contributed by atoms with E-state index in [1.165, 1.54) is 36.1 Å². The Bertz CT molecular complexity index is 971. The van der Waals surface area contributed by atoms with E-state index in [1.54, 1.807) is 11.0 Å². The number of halogens is 3. The number of hydrogen-bond donors (Lipinski definition) is 0. The summed E-state index contributed by atoms with van der Waals surface area (Å²) in [7, 11) is 0. The van der Waals surface area contributed by atoms with Gasteiger partial charge in [-0.1, -0.05) is 18.2 Å². The Balaban J connectivity index is 1.38. The summed E-state index contributed by atoms with van der Waals surface area (Å²) in [6, 6.07) is 5.20. The van der Waals surface area contributed by atoms with Gasteiger partial charge in [-0.15, -0.1) is 0 Å². The first-order valence-electron chi connectivity index (χ1n) is 9.89. The number of hydrogen-bond acceptors (Lipinski definition) is 4. The molecule has 2 aromatic rings. The predicted molar refractivity (Wildman–Crippen MR) is 103 cm³/mol. The third kappa shape index (κ3) is 4.12. The third-order valence-electron chi connectivity index (χ3n) is 6.07. The Labute approximate surface area is 172 Å². The Morgan fingerprint density at radius 2 is 1.93 bits per heavy atom. The highest BCUT2D eigenvalue weighted by atomic mass is 19.4. The quantitative estimate of drug-likeness (QED) is 0.711. The van der Waals surface area contributed by atoms with E-state index < -0.39 is 11.7 Å². The van der Waals surface area contributed by atoms with Crippen LogP contribution in [0, 0.1) is 5.41 Å². The minimum absolute atomic E-state index is 0.0478. The maximum atomic E-state index is 12.9. The van der Waals surface area contributed by atoms with E-state index in [2.05, 4.69) is 10.00 Å². The van der Waals surface area contributed by atoms with Gasteiger partial charge in [-0.3, -0.25) is 9.69 Å². The van der Waals surface area contributed by atoms with Crippen molar-refractivity contribution < 1.29 is 22.8 Å². The molecule has 0 aliphatic carbocycles. The second-order valence-corrected chi connectivity index (χ2v) is 8.34. The van der Waals surface area contributed by atoms with E-state index in [0.717, 1.165) is 32.0 Å². The van der Waals surface area contributed by atoms with E-state index in [9.17, 15) is 22.8 Å². The number of aromatic nitrogens is 2. The Kier molecular flexibility index (Phi) is 5.17. The average Bonchev–Trinajstić information content (AvgIpc) is 3.42. The first-order chi connectivity index (χ1) is 14.2. The third-order valence-corrected chi connectivity index (χ3v) is 6.07. The fourth-order valence-electron chi connectivity index (χ4n) is 4.45. The Morgan fingerprint density at radius 1 is 1.17 bits per heavy atom. The summed E-state index contributed by atoms with van der Waals surface area (Å²) < 4.78 is 40.0. The van der Waals surface area contributed by atoms with Crippen LogP contribution in [0.15, 0.2) is 36.7 Å². The van der Waals surface area contributed by atoms with Gasteiger partial charge in [0.25, 0.3) is 0 Å². The zero-order valence-electron chi connectivity index (χ0n) is 16.7. The standard InChI is InChI=1S/C21H23F3N4O2/c1-15(29)17-10-25-28(12-17)19(30)27-8-6-20(14-27)5-7-26(13-20)11-16-3-2-4-18(9-16)21(22,23)24/h2-4,9-10,12H,5-8,11,13-14H2,1H3. The molecule has 0 bridgehead atoms. The lowest BCUT2D eigenvalue weighted by Gasteiger charge is -2.25. The first kappa shape index (κ1) is 20.6. The zero-order valence-corrected chi connectivity index (χ0v) is 16.7. The number of benzene rings is 1. The van der Waals surface area contributed by atoms with Gasteiger partial charge in [0.2, 0.25) is 0 Å². The van der Waals surface area contributed by atoms with Crippen LogP contribution in [0.3, 0.4) is 0 Å². The molecular formula is C21H23F3N4O2. The number of carbonyl (C=O) groups is 2. The molecule has 3 heterocycles. The molecule has 1 amide bonds. The van der Waals surface area contributed by atoms with Gasteiger partial charge in [0.1, 0.15) is 0 Å². The largest absolute Gasteiger partial charge is 0.416 e. The zero-order chi connectivity index (χ0) is 21.5. The van der Waals surface area contributed by atoms with Gasteiger partial charge < -0.3 is 4.90 Å². The maximum Gasteiger partial charge on any atom is 0.416 e. The predicted octanol–water partition coefficient (Wildman–Crippen LogP) is 3.67. The monoisotopic (exact) mass is 420 g/mol. The van der Waals surface area contributed by atoms with Gasteiger partial charge in [0.15, 0.2) is 5.78 Å². The van der Waals surface area contributed by atoms with Crippen LogP contribution in [0.1, 0.15) is 41.3 Å². The van der Waals surface area contributed by atoms with Crippen molar-refractivity contribution in [3.8, 4) is 0 Å². The van der Waals surface area contributed by atoms with Crippen molar-refractivity contribution in [2.45, 2.75) is 32.5 Å². The highest BCUT2D eigenvalue weighted by Gasteiger charge is 2.45. The van der Waals surface area contributed by atoms with Gasteiger partial charge in [-0.2, -0.15) is 23.0 Å². The minimum Gasteiger partial charge on any atom is -0.322 e. The molecule has 9 heteroatoms. The second kappa shape index (κ2) is 7.54. The summed E-state index contributed by atoms with van der Waals surface area (Å²) in [4.78, 5) is 28.0. The van der Waals surface area contributed by atoms with Crippen LogP contribution < -0.4 is 0 Å². The van der Waals surface area contributed by atoms with E-state index in [1.807, 2.05) is 0 Å². The number of likely N-dealkylation sites (tertiary alicyclic amines) is 2. The fraction of sp³-hybridized carbons (Fsp3) is 0.476. The molecule has 1 spiro atoms. The topological polar surface area (TPSA) is 58.4 Å². The van der Waals surface area contributed by atoms with Crippen LogP contribution in [0.25, 0.3) is 0 Å². The summed E-state index contributed by atoms with van der Waals surface area (Å²) in [6.45, 7) is 4.60. The minimum atomic E-state index is -4.34. The second-order valence-electron chi connectivity index (χ2n) is 8.34. The SMILES string of the molecule is CC(=O)c1cnn(C(=O)N2CCC3(CCN(Cc4cccc(C(F)(F)F)c4)C3)C2)c1. The highest BCUT2D eigenvalue weighted by Crippen LogP contribution is 2.40. The van der Waals surface area contributed by atoms with Gasteiger partial charge in [0.05, 0.1) is 17.3 Å². The lowest BCUT2D eigenvalue weighted by molar-refractivity contribution is -0.137. The molecule has 1 atom stereocenters. The molecule has 4 rings (SSSR count). The van der Waals surface area contributed by atoms with E-state index in [0.29, 0.717) is 30.8 Å². The van der Waals surface area contributed by atoms with Crippen molar-refractivity contribution in [3.05, 3.63) is 53.3 Å². The molecule has 6 nitrogen and oxygen atoms in total. The maximum absolute atomic E-state index is 12.9. The van der Waals surface area contributed by atoms with E-state index in [-0.39, 0.29) is 17.2 Å². The Morgan fingerprint density at radius 3 is 2.63 bits per heavy atom. The molecule has 2 aliphatic rings. The van der Waals surface area contributed by atoms with Gasteiger partial charge in [-0.05, 0) is 37.9 Å². The van der Waals surface area contributed by atoms with Crippen molar-refractivity contribution in [1.29, 1.82) is 0 Å². The number of ketones is 1. The number of rotatable bonds is 3. The molecule has 1 aromatic carbocycles. The van der Waals surface area contributed by atoms with Crippen molar-refractivity contribution >= 4 is 11.8 Å². The van der Waals surface area contributed by atoms with Crippen molar-refractivity contribution in [3.63, 3.8) is 0 Å². The summed E-state index contributed by atoms with van der Waals surface area (Å²) >= 11 is 0. The molecule has 2 fully saturated rings. The lowest BCUT2D eigenvalue weighted by Crippen LogP contribution is -2.36. The van der Waals surface area contributed by atoms with E-state index in [4.69, 9.17) is 0 Å². The molecular weight excluding hydrogens is 397 g/mol. The summed E-state index contributed by atoms with van der Waals surface area (Å²) in [5.41, 5.74) is 0.357. The number of Topliss-reactive ketones (excluding diaryl/α,β-unsaturated/α-hetero) is 1. The van der Waals surface area contributed by atoms with Crippen LogP contribution >= 0.6 is 0 Å². The first-order valence-corrected chi connectivity index (χ1v) is 9.89. The summed E-state index contributed by atoms with van der Waals surface area (Å²) in [6.07, 6.45) is 0.234. The number of alkyl halides is 3. The molecule has 2 saturated heterocycles. The van der Waals surface area contributed by atoms with E-state index >= 15 is 0 Å². The highest BCUT2D eigenvalue weighted by molar-refractivity contribution is 5.94. The molecule has 0 radical (unpaired) electrons. The average molecular weight is 420 g/mol. The van der Waals surface area contributed by atoms with Crippen LogP contribution in [0.5, 0.6) is 0 Å². The summed E-state index contributed by atoms with van der Waals surface area (Å²) in [5.74, 6) is -0.145. The van der Waals surface area contributed by atoms with Gasteiger partial charge in [0, 0.05) is 37.8 Å². The molecule has 1 unspecified atom stereocenters. The molecule has 160 valence electrons. The fourth-order valence-corrected chi connectivity index (χ4v) is 4.45. The molecule has 30 heavy (non-hydrogen) atoms. The molecule has 2 aliphatic heterocycles. The van der Waals surface area contributed by atoms with Crippen molar-refractivity contribution in [1.82, 2.24) is 19.6 Å². The number of carbonyl (C=O) groups excluding carboxylic acids is 2. The van der Waals surface area contributed by atoms with Crippen LogP contribution in [-0.4, -0.2) is 57.6 Å². The smallest absolute Gasteiger partial charge is 0.322 e. The van der Waals surface area contributed by atoms with Crippen LogP contribution in [0.2, 0.25) is 0 Å². The molecule has 0 N–H and O–H groups in total. The normalized spacial score (nSPS) is 22.2. The van der Waals surface area contributed by atoms with Gasteiger partial charge in [-0.25, -0.2) is 4.79 Å². The lowest BCUT2D eigenvalue weighted by atomic mass is 9.86. The van der Waals surface area contributed by atoms with Crippen molar-refractivity contribution in [2.75, 3.05) is 26.2 Å². The number of nitrogens with zero attached hydrogens (tertiary/aromatic N) is 4. The summed E-state index contributed by atoms with van der Waals surface area (Å²) in [5, 5.41) is 4.00. The molecule has 1 aromatic heterocycles.